The lowest BCUT2D eigenvalue weighted by molar-refractivity contribution is 0.0595. The van der Waals surface area contributed by atoms with Crippen molar-refractivity contribution in [1.82, 2.24) is 0 Å². The fourth-order valence-corrected chi connectivity index (χ4v) is 2.14. The minimum absolute atomic E-state index is 0.0665. The summed E-state index contributed by atoms with van der Waals surface area (Å²) in [6.45, 7) is 4.71. The average molecular weight is 287 g/mol. The molecule has 0 heterocycles. The number of ether oxygens (including phenoxy) is 1. The molecular formula is C17H18FNO2. The summed E-state index contributed by atoms with van der Waals surface area (Å²) in [5, 5.41) is 3.19. The maximum atomic E-state index is 13.6. The van der Waals surface area contributed by atoms with Crippen LogP contribution < -0.4 is 5.32 Å². The summed E-state index contributed by atoms with van der Waals surface area (Å²) in [4.78, 5) is 11.5. The Morgan fingerprint density at radius 3 is 2.62 bits per heavy atom. The number of carbonyl (C=O) groups excluding carboxylic acids is 1. The van der Waals surface area contributed by atoms with E-state index in [9.17, 15) is 9.18 Å². The zero-order chi connectivity index (χ0) is 15.4. The lowest BCUT2D eigenvalue weighted by Crippen LogP contribution is -2.07. The first-order chi connectivity index (χ1) is 10.0. The van der Waals surface area contributed by atoms with Gasteiger partial charge in [0.05, 0.1) is 12.7 Å². The van der Waals surface area contributed by atoms with Gasteiger partial charge in [-0.1, -0.05) is 23.8 Å². The second-order valence-electron chi connectivity index (χ2n) is 4.97. The largest absolute Gasteiger partial charge is 0.465 e. The highest BCUT2D eigenvalue weighted by Gasteiger charge is 2.12. The summed E-state index contributed by atoms with van der Waals surface area (Å²) in [6, 6.07) is 10.5. The van der Waals surface area contributed by atoms with Crippen LogP contribution in [0.3, 0.4) is 0 Å². The molecule has 0 fully saturated rings. The summed E-state index contributed by atoms with van der Waals surface area (Å²) in [6.07, 6.45) is 0. The number of hydrogen-bond donors (Lipinski definition) is 1. The third-order valence-corrected chi connectivity index (χ3v) is 3.35. The second kappa shape index (κ2) is 6.39. The van der Waals surface area contributed by atoms with Gasteiger partial charge in [-0.3, -0.25) is 0 Å². The predicted octanol–water partition coefficient (Wildman–Crippen LogP) is 3.84. The van der Waals surface area contributed by atoms with E-state index < -0.39 is 11.8 Å². The quantitative estimate of drug-likeness (QED) is 0.868. The molecule has 0 aliphatic rings. The maximum Gasteiger partial charge on any atom is 0.340 e. The molecule has 2 aromatic rings. The number of carbonyl (C=O) groups is 1. The van der Waals surface area contributed by atoms with Gasteiger partial charge < -0.3 is 10.1 Å². The van der Waals surface area contributed by atoms with E-state index in [1.54, 1.807) is 6.07 Å². The first-order valence-electron chi connectivity index (χ1n) is 6.69. The molecule has 0 spiro atoms. The molecule has 1 N–H and O–H groups in total. The average Bonchev–Trinajstić information content (AvgIpc) is 2.47. The van der Waals surface area contributed by atoms with E-state index in [2.05, 4.69) is 35.2 Å². The summed E-state index contributed by atoms with van der Waals surface area (Å²) < 4.78 is 18.1. The Labute approximate surface area is 123 Å². The minimum Gasteiger partial charge on any atom is -0.465 e. The lowest BCUT2D eigenvalue weighted by atomic mass is 10.1. The van der Waals surface area contributed by atoms with Crippen LogP contribution in [0, 0.1) is 19.7 Å². The van der Waals surface area contributed by atoms with Crippen molar-refractivity contribution in [2.24, 2.45) is 0 Å². The molecule has 0 aliphatic carbocycles. The molecular weight excluding hydrogens is 269 g/mol. The van der Waals surface area contributed by atoms with Crippen LogP contribution in [-0.4, -0.2) is 13.1 Å². The van der Waals surface area contributed by atoms with Crippen molar-refractivity contribution >= 4 is 11.7 Å². The number of halogens is 1. The molecule has 0 aromatic heterocycles. The highest BCUT2D eigenvalue weighted by atomic mass is 19.1. The van der Waals surface area contributed by atoms with Crippen LogP contribution in [-0.2, 0) is 11.3 Å². The van der Waals surface area contributed by atoms with Gasteiger partial charge in [0, 0.05) is 12.2 Å². The van der Waals surface area contributed by atoms with E-state index in [4.69, 9.17) is 0 Å². The number of methoxy groups -OCH3 is 1. The smallest absolute Gasteiger partial charge is 0.340 e. The lowest BCUT2D eigenvalue weighted by Gasteiger charge is -2.11. The normalized spacial score (nSPS) is 10.3. The molecule has 0 saturated carbocycles. The van der Waals surface area contributed by atoms with Crippen LogP contribution in [0.5, 0.6) is 0 Å². The zero-order valence-corrected chi connectivity index (χ0v) is 12.4. The van der Waals surface area contributed by atoms with Gasteiger partial charge in [-0.15, -0.1) is 0 Å². The Morgan fingerprint density at radius 2 is 1.95 bits per heavy atom. The number of esters is 1. The van der Waals surface area contributed by atoms with Crippen LogP contribution in [0.2, 0.25) is 0 Å². The maximum absolute atomic E-state index is 13.6. The summed E-state index contributed by atoms with van der Waals surface area (Å²) in [7, 11) is 1.23. The van der Waals surface area contributed by atoms with Crippen molar-refractivity contribution in [3.8, 4) is 0 Å². The van der Waals surface area contributed by atoms with Gasteiger partial charge in [0.25, 0.3) is 0 Å². The molecule has 0 aliphatic heterocycles. The topological polar surface area (TPSA) is 38.3 Å². The van der Waals surface area contributed by atoms with Gasteiger partial charge in [0.1, 0.15) is 5.82 Å². The number of anilines is 1. The third-order valence-electron chi connectivity index (χ3n) is 3.35. The molecule has 0 bridgehead atoms. The van der Waals surface area contributed by atoms with Crippen molar-refractivity contribution in [3.05, 3.63) is 64.5 Å². The van der Waals surface area contributed by atoms with Crippen LogP contribution >= 0.6 is 0 Å². The third kappa shape index (κ3) is 3.60. The fourth-order valence-electron chi connectivity index (χ4n) is 2.14. The Bertz CT molecular complexity index is 668. The second-order valence-corrected chi connectivity index (χ2v) is 4.97. The van der Waals surface area contributed by atoms with E-state index >= 15 is 0 Å². The van der Waals surface area contributed by atoms with Crippen molar-refractivity contribution < 1.29 is 13.9 Å². The Kier molecular flexibility index (Phi) is 4.58. The van der Waals surface area contributed by atoms with Crippen molar-refractivity contribution in [2.45, 2.75) is 20.4 Å². The number of aryl methyl sites for hydroxylation is 2. The summed E-state index contributed by atoms with van der Waals surface area (Å²) >= 11 is 0. The van der Waals surface area contributed by atoms with Crippen molar-refractivity contribution in [2.75, 3.05) is 12.4 Å². The number of rotatable bonds is 4. The predicted molar refractivity (Wildman–Crippen MR) is 81.0 cm³/mol. The van der Waals surface area contributed by atoms with Gasteiger partial charge >= 0.3 is 5.97 Å². The Balaban J connectivity index is 2.15. The number of benzene rings is 2. The first kappa shape index (κ1) is 15.0. The monoisotopic (exact) mass is 287 g/mol. The molecule has 4 heteroatoms. The molecule has 2 aromatic carbocycles. The van der Waals surface area contributed by atoms with Crippen LogP contribution in [0.15, 0.2) is 36.4 Å². The molecule has 0 amide bonds. The molecule has 21 heavy (non-hydrogen) atoms. The molecule has 0 atom stereocenters. The van der Waals surface area contributed by atoms with Crippen LogP contribution in [0.4, 0.5) is 10.1 Å². The molecule has 3 nitrogen and oxygen atoms in total. The van der Waals surface area contributed by atoms with E-state index in [1.807, 2.05) is 6.92 Å². The molecule has 2 rings (SSSR count). The highest BCUT2D eigenvalue weighted by Crippen LogP contribution is 2.18. The van der Waals surface area contributed by atoms with Gasteiger partial charge in [0.15, 0.2) is 0 Å². The zero-order valence-electron chi connectivity index (χ0n) is 12.4. The SMILES string of the molecule is COC(=O)c1cc(NCc2ccc(C)cc2C)ccc1F. The molecule has 110 valence electrons. The van der Waals surface area contributed by atoms with Crippen molar-refractivity contribution in [3.63, 3.8) is 0 Å². The highest BCUT2D eigenvalue weighted by molar-refractivity contribution is 5.90. The fraction of sp³-hybridized carbons (Fsp3) is 0.235. The van der Waals surface area contributed by atoms with Gasteiger partial charge in [0.2, 0.25) is 0 Å². The Morgan fingerprint density at radius 1 is 1.19 bits per heavy atom. The molecule has 0 radical (unpaired) electrons. The van der Waals surface area contributed by atoms with E-state index in [-0.39, 0.29) is 5.56 Å². The van der Waals surface area contributed by atoms with Crippen molar-refractivity contribution in [1.29, 1.82) is 0 Å². The Hall–Kier alpha value is -2.36. The van der Waals surface area contributed by atoms with E-state index in [0.29, 0.717) is 12.2 Å². The summed E-state index contributed by atoms with van der Waals surface area (Å²) in [5.74, 6) is -1.26. The van der Waals surface area contributed by atoms with Crippen LogP contribution in [0.25, 0.3) is 0 Å². The number of nitrogens with one attached hydrogen (secondary N) is 1. The van der Waals surface area contributed by atoms with Gasteiger partial charge in [-0.05, 0) is 43.2 Å². The van der Waals surface area contributed by atoms with Gasteiger partial charge in [-0.25, -0.2) is 9.18 Å². The minimum atomic E-state index is -0.678. The number of hydrogen-bond acceptors (Lipinski definition) is 3. The first-order valence-corrected chi connectivity index (χ1v) is 6.69. The van der Waals surface area contributed by atoms with E-state index in [0.717, 1.165) is 5.56 Å². The standard InChI is InChI=1S/C17H18FNO2/c1-11-4-5-13(12(2)8-11)10-19-14-6-7-16(18)15(9-14)17(20)21-3/h4-9,19H,10H2,1-3H3. The van der Waals surface area contributed by atoms with Gasteiger partial charge in [-0.2, -0.15) is 0 Å². The van der Waals surface area contributed by atoms with Crippen LogP contribution in [0.1, 0.15) is 27.0 Å². The molecule has 0 unspecified atom stereocenters. The molecule has 0 saturated heterocycles. The van der Waals surface area contributed by atoms with E-state index in [1.165, 1.54) is 30.4 Å². The summed E-state index contributed by atoms with van der Waals surface area (Å²) in [5.41, 5.74) is 4.17.